The van der Waals surface area contributed by atoms with E-state index in [4.69, 9.17) is 0 Å². The van der Waals surface area contributed by atoms with Crippen LogP contribution in [0.15, 0.2) is 53.5 Å². The fraction of sp³-hybridized carbons (Fsp3) is 0.333. The van der Waals surface area contributed by atoms with Gasteiger partial charge in [-0.15, -0.1) is 0 Å². The molecule has 1 aromatic carbocycles. The number of piperazine rings is 1. The molecule has 0 bridgehead atoms. The van der Waals surface area contributed by atoms with Crippen molar-refractivity contribution in [3.8, 4) is 11.1 Å². The number of hydrogen-bond acceptors (Lipinski definition) is 5. The van der Waals surface area contributed by atoms with E-state index >= 15 is 0 Å². The molecule has 8 nitrogen and oxygen atoms in total. The van der Waals surface area contributed by atoms with Gasteiger partial charge >= 0.3 is 0 Å². The van der Waals surface area contributed by atoms with Crippen LogP contribution in [-0.4, -0.2) is 52.4 Å². The van der Waals surface area contributed by atoms with Crippen molar-refractivity contribution in [3.05, 3.63) is 76.0 Å². The lowest BCUT2D eigenvalue weighted by atomic mass is 10.0. The molecule has 0 unspecified atom stereocenters. The lowest BCUT2D eigenvalue weighted by molar-refractivity contribution is -0.117. The van der Waals surface area contributed by atoms with Gasteiger partial charge in [0.2, 0.25) is 11.5 Å². The molecule has 186 valence electrons. The van der Waals surface area contributed by atoms with Gasteiger partial charge in [-0.1, -0.05) is 0 Å². The van der Waals surface area contributed by atoms with Crippen LogP contribution in [-0.2, 0) is 4.79 Å². The number of aromatic amines is 1. The molecule has 1 saturated heterocycles. The quantitative estimate of drug-likeness (QED) is 0.571. The maximum atomic E-state index is 13.2. The maximum absolute atomic E-state index is 13.2. The number of halogens is 1. The van der Waals surface area contributed by atoms with Crippen LogP contribution in [0.3, 0.4) is 0 Å². The van der Waals surface area contributed by atoms with E-state index < -0.39 is 0 Å². The Morgan fingerprint density at radius 2 is 1.86 bits per heavy atom. The number of benzene rings is 1. The van der Waals surface area contributed by atoms with Gasteiger partial charge in [0.15, 0.2) is 0 Å². The Morgan fingerprint density at radius 3 is 2.56 bits per heavy atom. The summed E-state index contributed by atoms with van der Waals surface area (Å²) in [6.07, 6.45) is 3.51. The number of rotatable bonds is 5. The molecule has 9 heteroatoms. The van der Waals surface area contributed by atoms with E-state index in [0.29, 0.717) is 36.8 Å². The maximum Gasteiger partial charge on any atom is 0.253 e. The van der Waals surface area contributed by atoms with Gasteiger partial charge in [-0.3, -0.25) is 14.4 Å². The molecule has 1 saturated carbocycles. The zero-order valence-electron chi connectivity index (χ0n) is 20.3. The number of H-pyrrole nitrogens is 1. The molecule has 2 amide bonds. The molecule has 0 spiro atoms. The van der Waals surface area contributed by atoms with Gasteiger partial charge in [0.05, 0.1) is 0 Å². The van der Waals surface area contributed by atoms with Gasteiger partial charge in [0.1, 0.15) is 17.5 Å². The lowest BCUT2D eigenvalue weighted by Crippen LogP contribution is -2.54. The monoisotopic (exact) mass is 489 g/mol. The zero-order valence-corrected chi connectivity index (χ0v) is 20.3. The number of pyridine rings is 2. The number of aryl methyl sites for hydroxylation is 1. The second kappa shape index (κ2) is 9.56. The van der Waals surface area contributed by atoms with Crippen LogP contribution in [0.25, 0.3) is 11.1 Å². The van der Waals surface area contributed by atoms with Gasteiger partial charge in [-0.05, 0) is 79.8 Å². The Morgan fingerprint density at radius 1 is 1.11 bits per heavy atom. The molecule has 3 heterocycles. The van der Waals surface area contributed by atoms with Crippen molar-refractivity contribution in [2.45, 2.75) is 32.7 Å². The summed E-state index contributed by atoms with van der Waals surface area (Å²) in [5.74, 6) is 0.658. The molecule has 1 atom stereocenters. The molecule has 2 fully saturated rings. The minimum absolute atomic E-state index is 0.0224. The number of nitrogens with one attached hydrogen (secondary N) is 2. The first-order valence-corrected chi connectivity index (χ1v) is 12.1. The smallest absolute Gasteiger partial charge is 0.253 e. The predicted octanol–water partition coefficient (Wildman–Crippen LogP) is 3.58. The molecular formula is C27H28FN5O3. The number of carbonyl (C=O) groups excluding carboxylic acids is 2. The first-order chi connectivity index (χ1) is 17.3. The predicted molar refractivity (Wildman–Crippen MR) is 135 cm³/mol. The fourth-order valence-electron chi connectivity index (χ4n) is 4.59. The third-order valence-electron chi connectivity index (χ3n) is 6.76. The van der Waals surface area contributed by atoms with Gasteiger partial charge in [-0.25, -0.2) is 9.37 Å². The van der Waals surface area contributed by atoms with Crippen LogP contribution < -0.4 is 15.8 Å². The second-order valence-corrected chi connectivity index (χ2v) is 9.57. The fourth-order valence-corrected chi connectivity index (χ4v) is 4.59. The van der Waals surface area contributed by atoms with Crippen LogP contribution in [0.4, 0.5) is 16.0 Å². The number of hydrogen-bond donors (Lipinski definition) is 2. The van der Waals surface area contributed by atoms with E-state index in [1.165, 1.54) is 30.3 Å². The van der Waals surface area contributed by atoms with Crippen molar-refractivity contribution in [1.29, 1.82) is 0 Å². The van der Waals surface area contributed by atoms with Crippen LogP contribution in [0.5, 0.6) is 0 Å². The second-order valence-electron chi connectivity index (χ2n) is 9.57. The summed E-state index contributed by atoms with van der Waals surface area (Å²) >= 11 is 0. The molecular weight excluding hydrogens is 461 g/mol. The number of aromatic nitrogens is 2. The van der Waals surface area contributed by atoms with E-state index in [1.54, 1.807) is 17.2 Å². The summed E-state index contributed by atoms with van der Waals surface area (Å²) in [5.41, 5.74) is 2.65. The summed E-state index contributed by atoms with van der Waals surface area (Å²) in [6.45, 7) is 5.38. The van der Waals surface area contributed by atoms with Gasteiger partial charge in [0, 0.05) is 49.4 Å². The summed E-state index contributed by atoms with van der Waals surface area (Å²) in [7, 11) is 0. The third-order valence-corrected chi connectivity index (χ3v) is 6.76. The van der Waals surface area contributed by atoms with Crippen molar-refractivity contribution in [2.24, 2.45) is 5.92 Å². The number of anilines is 2. The van der Waals surface area contributed by atoms with Crippen LogP contribution in [0.1, 0.15) is 35.7 Å². The molecule has 2 N–H and O–H groups in total. The van der Waals surface area contributed by atoms with Gasteiger partial charge < -0.3 is 20.1 Å². The van der Waals surface area contributed by atoms with Crippen molar-refractivity contribution in [1.82, 2.24) is 14.9 Å². The van der Waals surface area contributed by atoms with E-state index in [-0.39, 0.29) is 35.2 Å². The highest BCUT2D eigenvalue weighted by Crippen LogP contribution is 2.31. The highest BCUT2D eigenvalue weighted by molar-refractivity contribution is 5.94. The van der Waals surface area contributed by atoms with Crippen LogP contribution in [0, 0.1) is 18.7 Å². The summed E-state index contributed by atoms with van der Waals surface area (Å²) in [6, 6.07) is 10.8. The van der Waals surface area contributed by atoms with E-state index in [2.05, 4.69) is 20.2 Å². The van der Waals surface area contributed by atoms with Gasteiger partial charge in [0.25, 0.3) is 5.91 Å². The van der Waals surface area contributed by atoms with Crippen LogP contribution in [0.2, 0.25) is 0 Å². The molecule has 1 aliphatic carbocycles. The molecule has 0 radical (unpaired) electrons. The Bertz CT molecular complexity index is 1370. The molecule has 2 aliphatic rings. The molecule has 2 aromatic heterocycles. The Kier molecular flexibility index (Phi) is 6.30. The molecule has 3 aromatic rings. The zero-order chi connectivity index (χ0) is 25.4. The van der Waals surface area contributed by atoms with Crippen molar-refractivity contribution in [2.75, 3.05) is 29.9 Å². The summed E-state index contributed by atoms with van der Waals surface area (Å²) in [5, 5.41) is 2.87. The van der Waals surface area contributed by atoms with E-state index in [9.17, 15) is 18.8 Å². The van der Waals surface area contributed by atoms with E-state index in [1.807, 2.05) is 19.9 Å². The minimum Gasteiger partial charge on any atom is -0.352 e. The standard InChI is InChI=1S/C27H28FN5O3/c1-16-14-29-23(30-26(35)18-3-4-18)13-22(16)20-11-24(31-25(34)12-20)33-10-9-32(15-17(33)2)27(36)19-5-7-21(28)8-6-19/h5-8,11-14,17-18H,3-4,9-10,15H2,1-2H3,(H,31,34)(H,29,30,35)/t17-/m0/s1. The van der Waals surface area contributed by atoms with Crippen molar-refractivity contribution < 1.29 is 14.0 Å². The molecule has 1 aliphatic heterocycles. The van der Waals surface area contributed by atoms with Gasteiger partial charge in [-0.2, -0.15) is 0 Å². The normalized spacial score (nSPS) is 17.7. The molecule has 5 rings (SSSR count). The highest BCUT2D eigenvalue weighted by atomic mass is 19.1. The van der Waals surface area contributed by atoms with Crippen LogP contribution >= 0.6 is 0 Å². The van der Waals surface area contributed by atoms with Crippen molar-refractivity contribution >= 4 is 23.5 Å². The van der Waals surface area contributed by atoms with E-state index in [0.717, 1.165) is 29.5 Å². The first kappa shape index (κ1) is 23.7. The highest BCUT2D eigenvalue weighted by Gasteiger charge is 2.30. The van der Waals surface area contributed by atoms with Crippen molar-refractivity contribution in [3.63, 3.8) is 0 Å². The Balaban J connectivity index is 1.36. The average Bonchev–Trinajstić information content (AvgIpc) is 3.70. The Hall–Kier alpha value is -4.01. The topological polar surface area (TPSA) is 98.4 Å². The third kappa shape index (κ3) is 5.00. The SMILES string of the molecule is Cc1cnc(NC(=O)C2CC2)cc1-c1cc(N2CCN(C(=O)c3ccc(F)cc3)C[C@@H]2C)[nH]c(=O)c1. The summed E-state index contributed by atoms with van der Waals surface area (Å²) in [4.78, 5) is 48.8. The minimum atomic E-state index is -0.379. The Labute approximate surface area is 208 Å². The summed E-state index contributed by atoms with van der Waals surface area (Å²) < 4.78 is 13.2. The molecule has 36 heavy (non-hydrogen) atoms. The lowest BCUT2D eigenvalue weighted by Gasteiger charge is -2.41. The average molecular weight is 490 g/mol. The largest absolute Gasteiger partial charge is 0.352 e. The number of carbonyl (C=O) groups is 2. The first-order valence-electron chi connectivity index (χ1n) is 12.1. The number of amides is 2. The number of nitrogens with zero attached hydrogens (tertiary/aromatic N) is 3.